The highest BCUT2D eigenvalue weighted by Gasteiger charge is 1.95. The first-order valence-electron chi connectivity index (χ1n) is 8.88. The lowest BCUT2D eigenvalue weighted by Gasteiger charge is -2.04. The zero-order chi connectivity index (χ0) is 14.2. The van der Waals surface area contributed by atoms with Gasteiger partial charge in [0, 0.05) is 6.61 Å². The highest BCUT2D eigenvalue weighted by atomic mass is 35.5. The summed E-state index contributed by atoms with van der Waals surface area (Å²) < 4.78 is 0. The van der Waals surface area contributed by atoms with Crippen molar-refractivity contribution in [2.24, 2.45) is 5.92 Å². The fourth-order valence-electron chi connectivity index (χ4n) is 2.61. The number of unbranched alkanes of at least 4 members (excludes halogenated alkanes) is 12. The van der Waals surface area contributed by atoms with E-state index in [1.54, 1.807) is 0 Å². The zero-order valence-corrected chi connectivity index (χ0v) is 14.9. The van der Waals surface area contributed by atoms with Crippen molar-refractivity contribution in [3.63, 3.8) is 0 Å². The fourth-order valence-corrected chi connectivity index (χ4v) is 2.61. The fraction of sp³-hybridized carbons (Fsp3) is 1.00. The SMILES string of the molecule is CC(C)CCCCCCCCCCCCCCCO.Cl. The first kappa shape index (κ1) is 22.5. The summed E-state index contributed by atoms with van der Waals surface area (Å²) >= 11 is 0. The summed E-state index contributed by atoms with van der Waals surface area (Å²) in [7, 11) is 0. The minimum absolute atomic E-state index is 0. The van der Waals surface area contributed by atoms with Crippen molar-refractivity contribution in [1.29, 1.82) is 0 Å². The van der Waals surface area contributed by atoms with Gasteiger partial charge in [0.05, 0.1) is 0 Å². The van der Waals surface area contributed by atoms with E-state index in [-0.39, 0.29) is 12.4 Å². The molecule has 0 aliphatic rings. The third-order valence-electron chi connectivity index (χ3n) is 3.94. The van der Waals surface area contributed by atoms with Crippen LogP contribution < -0.4 is 0 Å². The molecule has 1 nitrogen and oxygen atoms in total. The van der Waals surface area contributed by atoms with Crippen LogP contribution in [0.25, 0.3) is 0 Å². The Hall–Kier alpha value is 0.250. The number of halogens is 1. The number of rotatable bonds is 15. The van der Waals surface area contributed by atoms with Crippen molar-refractivity contribution >= 4 is 12.4 Å². The molecule has 0 aliphatic heterocycles. The van der Waals surface area contributed by atoms with E-state index in [1.165, 1.54) is 83.5 Å². The maximum atomic E-state index is 8.67. The van der Waals surface area contributed by atoms with E-state index >= 15 is 0 Å². The monoisotopic (exact) mass is 306 g/mol. The Bertz CT molecular complexity index is 159. The van der Waals surface area contributed by atoms with Crippen LogP contribution in [0, 0.1) is 5.92 Å². The molecule has 0 radical (unpaired) electrons. The van der Waals surface area contributed by atoms with Gasteiger partial charge in [0.15, 0.2) is 0 Å². The minimum Gasteiger partial charge on any atom is -0.396 e. The highest BCUT2D eigenvalue weighted by molar-refractivity contribution is 5.85. The lowest BCUT2D eigenvalue weighted by Crippen LogP contribution is -1.87. The summed E-state index contributed by atoms with van der Waals surface area (Å²) in [5, 5.41) is 8.67. The van der Waals surface area contributed by atoms with Gasteiger partial charge in [0.25, 0.3) is 0 Å². The smallest absolute Gasteiger partial charge is 0.0431 e. The topological polar surface area (TPSA) is 20.2 Å². The lowest BCUT2D eigenvalue weighted by atomic mass is 10.0. The van der Waals surface area contributed by atoms with Gasteiger partial charge in [0.2, 0.25) is 0 Å². The van der Waals surface area contributed by atoms with Gasteiger partial charge in [-0.3, -0.25) is 0 Å². The first-order valence-corrected chi connectivity index (χ1v) is 8.88. The highest BCUT2D eigenvalue weighted by Crippen LogP contribution is 2.14. The Labute approximate surface area is 134 Å². The van der Waals surface area contributed by atoms with E-state index in [4.69, 9.17) is 5.11 Å². The maximum absolute atomic E-state index is 8.67. The summed E-state index contributed by atoms with van der Waals surface area (Å²) in [6.45, 7) is 5.02. The standard InChI is InChI=1S/C18H38O.ClH/c1-18(2)16-14-12-10-8-6-4-3-5-7-9-11-13-15-17-19;/h18-19H,3-17H2,1-2H3;1H. The predicted octanol–water partition coefficient (Wildman–Crippen LogP) is 6.52. The molecule has 0 aromatic rings. The number of hydrogen-bond acceptors (Lipinski definition) is 1. The van der Waals surface area contributed by atoms with Crippen LogP contribution in [0.1, 0.15) is 104 Å². The lowest BCUT2D eigenvalue weighted by molar-refractivity contribution is 0.282. The van der Waals surface area contributed by atoms with Gasteiger partial charge in [0.1, 0.15) is 0 Å². The number of hydrogen-bond donors (Lipinski definition) is 1. The van der Waals surface area contributed by atoms with Gasteiger partial charge < -0.3 is 5.11 Å². The Morgan fingerprint density at radius 3 is 1.15 bits per heavy atom. The minimum atomic E-state index is 0. The average Bonchev–Trinajstić information content (AvgIpc) is 2.39. The molecule has 0 rings (SSSR count). The Kier molecular flexibility index (Phi) is 21.7. The first-order chi connectivity index (χ1) is 9.27. The van der Waals surface area contributed by atoms with Crippen molar-refractivity contribution in [2.75, 3.05) is 6.61 Å². The van der Waals surface area contributed by atoms with Gasteiger partial charge in [-0.1, -0.05) is 97.3 Å². The van der Waals surface area contributed by atoms with Crippen LogP contribution in [0.5, 0.6) is 0 Å². The molecule has 0 spiro atoms. The number of aliphatic hydroxyl groups excluding tert-OH is 1. The third kappa shape index (κ3) is 20.6. The normalized spacial score (nSPS) is 10.8. The van der Waals surface area contributed by atoms with Crippen molar-refractivity contribution in [2.45, 2.75) is 104 Å². The summed E-state index contributed by atoms with van der Waals surface area (Å²) in [5.74, 6) is 0.886. The van der Waals surface area contributed by atoms with Gasteiger partial charge >= 0.3 is 0 Å². The average molecular weight is 307 g/mol. The summed E-state index contributed by atoms with van der Waals surface area (Å²) in [6.07, 6.45) is 19.3. The summed E-state index contributed by atoms with van der Waals surface area (Å²) in [5.41, 5.74) is 0. The second-order valence-corrected chi connectivity index (χ2v) is 6.50. The van der Waals surface area contributed by atoms with Gasteiger partial charge in [-0.25, -0.2) is 0 Å². The second-order valence-electron chi connectivity index (χ2n) is 6.50. The molecule has 124 valence electrons. The van der Waals surface area contributed by atoms with Crippen LogP contribution in [0.4, 0.5) is 0 Å². The molecule has 0 atom stereocenters. The molecule has 2 heteroatoms. The molecular formula is C18H39ClO. The van der Waals surface area contributed by atoms with Gasteiger partial charge in [-0.15, -0.1) is 12.4 Å². The maximum Gasteiger partial charge on any atom is 0.0431 e. The quantitative estimate of drug-likeness (QED) is 0.341. The number of aliphatic hydroxyl groups is 1. The summed E-state index contributed by atoms with van der Waals surface area (Å²) in [6, 6.07) is 0. The van der Waals surface area contributed by atoms with Crippen molar-refractivity contribution in [1.82, 2.24) is 0 Å². The van der Waals surface area contributed by atoms with Gasteiger partial charge in [-0.05, 0) is 12.3 Å². The van der Waals surface area contributed by atoms with Crippen LogP contribution >= 0.6 is 12.4 Å². The van der Waals surface area contributed by atoms with E-state index < -0.39 is 0 Å². The zero-order valence-electron chi connectivity index (χ0n) is 14.0. The molecule has 1 N–H and O–H groups in total. The van der Waals surface area contributed by atoms with Crippen LogP contribution in [-0.4, -0.2) is 11.7 Å². The van der Waals surface area contributed by atoms with Crippen LogP contribution in [-0.2, 0) is 0 Å². The molecule has 0 saturated heterocycles. The molecule has 20 heavy (non-hydrogen) atoms. The predicted molar refractivity (Wildman–Crippen MR) is 93.8 cm³/mol. The molecule has 0 saturated carbocycles. The molecule has 0 aromatic carbocycles. The van der Waals surface area contributed by atoms with Gasteiger partial charge in [-0.2, -0.15) is 0 Å². The van der Waals surface area contributed by atoms with E-state index in [1.807, 2.05) is 0 Å². The molecular weight excluding hydrogens is 268 g/mol. The molecule has 0 bridgehead atoms. The molecule has 0 aromatic heterocycles. The van der Waals surface area contributed by atoms with E-state index in [0.717, 1.165) is 12.3 Å². The van der Waals surface area contributed by atoms with Crippen molar-refractivity contribution in [3.05, 3.63) is 0 Å². The molecule has 0 aliphatic carbocycles. The van der Waals surface area contributed by atoms with E-state index in [0.29, 0.717) is 6.61 Å². The molecule has 0 heterocycles. The van der Waals surface area contributed by atoms with Crippen LogP contribution in [0.2, 0.25) is 0 Å². The van der Waals surface area contributed by atoms with Crippen molar-refractivity contribution in [3.8, 4) is 0 Å². The largest absolute Gasteiger partial charge is 0.396 e. The van der Waals surface area contributed by atoms with E-state index in [9.17, 15) is 0 Å². The second kappa shape index (κ2) is 19.2. The molecule has 0 fully saturated rings. The van der Waals surface area contributed by atoms with E-state index in [2.05, 4.69) is 13.8 Å². The van der Waals surface area contributed by atoms with Crippen molar-refractivity contribution < 1.29 is 5.11 Å². The van der Waals surface area contributed by atoms with Crippen LogP contribution in [0.3, 0.4) is 0 Å². The Morgan fingerprint density at radius 1 is 0.550 bits per heavy atom. The Balaban J connectivity index is 0. The molecule has 0 unspecified atom stereocenters. The van der Waals surface area contributed by atoms with Crippen LogP contribution in [0.15, 0.2) is 0 Å². The molecule has 0 amide bonds. The third-order valence-corrected chi connectivity index (χ3v) is 3.94. The summed E-state index contributed by atoms with van der Waals surface area (Å²) in [4.78, 5) is 0. The Morgan fingerprint density at radius 2 is 0.850 bits per heavy atom.